The molecule has 0 aliphatic rings. The number of rotatable bonds is 5. The molecule has 1 aromatic heterocycles. The molecule has 1 N–H and O–H groups in total. The lowest BCUT2D eigenvalue weighted by molar-refractivity contribution is 0.0936. The quantitative estimate of drug-likeness (QED) is 0.779. The van der Waals surface area contributed by atoms with Crippen LogP contribution in [0.25, 0.3) is 11.1 Å². The summed E-state index contributed by atoms with van der Waals surface area (Å²) in [5.74, 6) is -0.147. The van der Waals surface area contributed by atoms with E-state index >= 15 is 0 Å². The largest absolute Gasteiger partial charge is 0.348 e. The van der Waals surface area contributed by atoms with E-state index < -0.39 is 0 Å². The zero-order valence-electron chi connectivity index (χ0n) is 13.8. The molecule has 0 spiro atoms. The molecule has 3 aromatic rings. The van der Waals surface area contributed by atoms with Gasteiger partial charge in [-0.15, -0.1) is 0 Å². The number of carbonyl (C=O) groups excluding carboxylic acids is 1. The smallest absolute Gasteiger partial charge is 0.251 e. The van der Waals surface area contributed by atoms with Crippen LogP contribution < -0.4 is 5.32 Å². The van der Waals surface area contributed by atoms with Crippen molar-refractivity contribution in [2.75, 3.05) is 0 Å². The van der Waals surface area contributed by atoms with Crippen molar-refractivity contribution in [3.8, 4) is 17.2 Å². The summed E-state index contributed by atoms with van der Waals surface area (Å²) in [4.78, 5) is 16.4. The van der Waals surface area contributed by atoms with Crippen molar-refractivity contribution < 1.29 is 4.79 Å². The Morgan fingerprint density at radius 1 is 1.24 bits per heavy atom. The summed E-state index contributed by atoms with van der Waals surface area (Å²) >= 11 is 0. The Labute approximate surface area is 145 Å². The molecular formula is C19H17N5O. The first-order valence-corrected chi connectivity index (χ1v) is 7.89. The first-order chi connectivity index (χ1) is 12.2. The molecule has 0 aliphatic heterocycles. The molecule has 0 aliphatic carbocycles. The van der Waals surface area contributed by atoms with Gasteiger partial charge in [0.05, 0.1) is 18.2 Å². The first-order valence-electron chi connectivity index (χ1n) is 7.89. The third-order valence-electron chi connectivity index (χ3n) is 3.75. The summed E-state index contributed by atoms with van der Waals surface area (Å²) in [6.45, 7) is 2.47. The first kappa shape index (κ1) is 16.4. The van der Waals surface area contributed by atoms with Gasteiger partial charge >= 0.3 is 0 Å². The topological polar surface area (TPSA) is 83.6 Å². The average Bonchev–Trinajstić information content (AvgIpc) is 3.14. The van der Waals surface area contributed by atoms with E-state index in [0.29, 0.717) is 17.7 Å². The molecule has 1 amide bonds. The number of nitriles is 1. The lowest BCUT2D eigenvalue weighted by atomic mass is 10.0. The molecule has 124 valence electrons. The number of nitrogens with zero attached hydrogens (tertiary/aromatic N) is 4. The van der Waals surface area contributed by atoms with Crippen molar-refractivity contribution >= 4 is 5.91 Å². The van der Waals surface area contributed by atoms with Crippen molar-refractivity contribution in [1.82, 2.24) is 20.1 Å². The molecule has 6 heteroatoms. The van der Waals surface area contributed by atoms with Gasteiger partial charge in [0.25, 0.3) is 5.91 Å². The molecule has 25 heavy (non-hydrogen) atoms. The molecule has 2 aromatic carbocycles. The maximum atomic E-state index is 12.5. The predicted octanol–water partition coefficient (Wildman–Crippen LogP) is 2.64. The number of hydrogen-bond acceptors (Lipinski definition) is 4. The summed E-state index contributed by atoms with van der Waals surface area (Å²) in [6, 6.07) is 16.7. The zero-order valence-corrected chi connectivity index (χ0v) is 13.8. The van der Waals surface area contributed by atoms with Crippen molar-refractivity contribution in [3.05, 3.63) is 72.3 Å². The van der Waals surface area contributed by atoms with E-state index in [-0.39, 0.29) is 11.9 Å². The van der Waals surface area contributed by atoms with Gasteiger partial charge in [0.1, 0.15) is 12.7 Å². The number of carbonyl (C=O) groups is 1. The van der Waals surface area contributed by atoms with Gasteiger partial charge < -0.3 is 5.32 Å². The fourth-order valence-electron chi connectivity index (χ4n) is 2.57. The Bertz CT molecular complexity index is 912. The van der Waals surface area contributed by atoms with E-state index in [1.807, 2.05) is 43.3 Å². The molecule has 0 radical (unpaired) electrons. The summed E-state index contributed by atoms with van der Waals surface area (Å²) in [7, 11) is 0. The summed E-state index contributed by atoms with van der Waals surface area (Å²) in [5, 5.41) is 16.0. The van der Waals surface area contributed by atoms with E-state index in [4.69, 9.17) is 5.26 Å². The van der Waals surface area contributed by atoms with Crippen molar-refractivity contribution in [2.24, 2.45) is 0 Å². The Hall–Kier alpha value is -3.46. The molecule has 1 unspecified atom stereocenters. The second-order valence-corrected chi connectivity index (χ2v) is 5.77. The van der Waals surface area contributed by atoms with Gasteiger partial charge in [0.15, 0.2) is 0 Å². The zero-order chi connectivity index (χ0) is 17.6. The van der Waals surface area contributed by atoms with Gasteiger partial charge in [0.2, 0.25) is 0 Å². The van der Waals surface area contributed by atoms with Gasteiger partial charge in [-0.25, -0.2) is 4.98 Å². The number of benzene rings is 2. The molecule has 0 fully saturated rings. The SMILES string of the molecule is CC(Cn1cncn1)NC(=O)c1cccc(-c2cccc(C#N)c2)c1. The van der Waals surface area contributed by atoms with E-state index in [1.54, 1.807) is 23.1 Å². The minimum absolute atomic E-state index is 0.0835. The van der Waals surface area contributed by atoms with Crippen LogP contribution in [0.1, 0.15) is 22.8 Å². The third-order valence-corrected chi connectivity index (χ3v) is 3.75. The molecule has 1 heterocycles. The Balaban J connectivity index is 1.74. The summed E-state index contributed by atoms with van der Waals surface area (Å²) in [5.41, 5.74) is 2.97. The molecule has 1 atom stereocenters. The second kappa shape index (κ2) is 7.41. The molecule has 0 saturated heterocycles. The van der Waals surface area contributed by atoms with Crippen LogP contribution in [0.5, 0.6) is 0 Å². The minimum atomic E-state index is -0.147. The van der Waals surface area contributed by atoms with Gasteiger partial charge in [-0.05, 0) is 42.3 Å². The Kier molecular flexibility index (Phi) is 4.86. The summed E-state index contributed by atoms with van der Waals surface area (Å²) in [6.07, 6.45) is 3.08. The average molecular weight is 331 g/mol. The van der Waals surface area contributed by atoms with Crippen LogP contribution in [-0.4, -0.2) is 26.7 Å². The number of amides is 1. The minimum Gasteiger partial charge on any atom is -0.348 e. The van der Waals surface area contributed by atoms with Gasteiger partial charge in [-0.2, -0.15) is 10.4 Å². The van der Waals surface area contributed by atoms with Crippen LogP contribution in [-0.2, 0) is 6.54 Å². The highest BCUT2D eigenvalue weighted by atomic mass is 16.1. The predicted molar refractivity (Wildman–Crippen MR) is 93.5 cm³/mol. The van der Waals surface area contributed by atoms with E-state index in [0.717, 1.165) is 11.1 Å². The Morgan fingerprint density at radius 3 is 2.72 bits per heavy atom. The van der Waals surface area contributed by atoms with Crippen LogP contribution in [0, 0.1) is 11.3 Å². The monoisotopic (exact) mass is 331 g/mol. The second-order valence-electron chi connectivity index (χ2n) is 5.77. The lowest BCUT2D eigenvalue weighted by Gasteiger charge is -2.14. The fourth-order valence-corrected chi connectivity index (χ4v) is 2.57. The highest BCUT2D eigenvalue weighted by Crippen LogP contribution is 2.21. The normalized spacial score (nSPS) is 11.5. The summed E-state index contributed by atoms with van der Waals surface area (Å²) < 4.78 is 1.68. The lowest BCUT2D eigenvalue weighted by Crippen LogP contribution is -2.35. The number of hydrogen-bond donors (Lipinski definition) is 1. The number of nitrogens with one attached hydrogen (secondary N) is 1. The van der Waals surface area contributed by atoms with Gasteiger partial charge in [-0.1, -0.05) is 24.3 Å². The van der Waals surface area contributed by atoms with Crippen molar-refractivity contribution in [3.63, 3.8) is 0 Å². The molecule has 6 nitrogen and oxygen atoms in total. The molecular weight excluding hydrogens is 314 g/mol. The van der Waals surface area contributed by atoms with Crippen LogP contribution in [0.2, 0.25) is 0 Å². The van der Waals surface area contributed by atoms with Crippen LogP contribution in [0.15, 0.2) is 61.2 Å². The van der Waals surface area contributed by atoms with E-state index in [2.05, 4.69) is 21.5 Å². The van der Waals surface area contributed by atoms with Crippen molar-refractivity contribution in [1.29, 1.82) is 5.26 Å². The molecule has 0 saturated carbocycles. The van der Waals surface area contributed by atoms with Crippen molar-refractivity contribution in [2.45, 2.75) is 19.5 Å². The fraction of sp³-hybridized carbons (Fsp3) is 0.158. The van der Waals surface area contributed by atoms with Gasteiger partial charge in [-0.3, -0.25) is 9.48 Å². The highest BCUT2D eigenvalue weighted by Gasteiger charge is 2.11. The van der Waals surface area contributed by atoms with Crippen LogP contribution in [0.3, 0.4) is 0 Å². The molecule has 0 bridgehead atoms. The molecule has 3 rings (SSSR count). The number of aromatic nitrogens is 3. The maximum absolute atomic E-state index is 12.5. The van der Waals surface area contributed by atoms with Crippen LogP contribution >= 0.6 is 0 Å². The Morgan fingerprint density at radius 2 is 2.00 bits per heavy atom. The van der Waals surface area contributed by atoms with E-state index in [1.165, 1.54) is 6.33 Å². The highest BCUT2D eigenvalue weighted by molar-refractivity contribution is 5.95. The van der Waals surface area contributed by atoms with Crippen LogP contribution in [0.4, 0.5) is 0 Å². The maximum Gasteiger partial charge on any atom is 0.251 e. The van der Waals surface area contributed by atoms with Gasteiger partial charge in [0, 0.05) is 11.6 Å². The van der Waals surface area contributed by atoms with E-state index in [9.17, 15) is 4.79 Å². The third kappa shape index (κ3) is 4.09. The standard InChI is InChI=1S/C19H17N5O/c1-14(11-24-13-21-12-22-24)23-19(25)18-7-3-6-17(9-18)16-5-2-4-15(8-16)10-20/h2-9,12-14H,11H2,1H3,(H,23,25).